The Morgan fingerprint density at radius 2 is 2.13 bits per heavy atom. The maximum atomic E-state index is 13.8. The van der Waals surface area contributed by atoms with Gasteiger partial charge in [-0.25, -0.2) is 9.37 Å². The fraction of sp³-hybridized carbons (Fsp3) is 0.0625. The minimum Gasteiger partial charge on any atom is -0.504 e. The molecule has 23 heavy (non-hydrogen) atoms. The number of nitrogens with one attached hydrogen (secondary N) is 1. The third-order valence-electron chi connectivity index (χ3n) is 3.23. The number of rotatable bonds is 5. The van der Waals surface area contributed by atoms with Gasteiger partial charge in [-0.2, -0.15) is 5.10 Å². The predicted octanol–water partition coefficient (Wildman–Crippen LogP) is 3.38. The van der Waals surface area contributed by atoms with Crippen LogP contribution in [0.1, 0.15) is 26.6 Å². The normalized spacial score (nSPS) is 11.6. The van der Waals surface area contributed by atoms with Crippen LogP contribution in [0.4, 0.5) is 4.39 Å². The van der Waals surface area contributed by atoms with E-state index in [0.29, 0.717) is 22.4 Å². The first-order valence-corrected chi connectivity index (χ1v) is 7.63. The summed E-state index contributed by atoms with van der Waals surface area (Å²) in [6.07, 6.45) is 2.63. The van der Waals surface area contributed by atoms with E-state index in [2.05, 4.69) is 15.2 Å². The van der Waals surface area contributed by atoms with E-state index in [1.807, 2.05) is 0 Å². The molecule has 116 valence electrons. The van der Waals surface area contributed by atoms with Crippen LogP contribution in [0, 0.1) is 5.82 Å². The van der Waals surface area contributed by atoms with Crippen molar-refractivity contribution >= 4 is 22.9 Å². The quantitative estimate of drug-likeness (QED) is 0.427. The number of nitrogens with zero attached hydrogens (tertiary/aromatic N) is 2. The highest BCUT2D eigenvalue weighted by Gasteiger charge is 2.15. The number of ketones is 1. The van der Waals surface area contributed by atoms with Crippen LogP contribution in [0.15, 0.2) is 48.1 Å². The molecule has 0 spiro atoms. The van der Waals surface area contributed by atoms with E-state index >= 15 is 0 Å². The van der Waals surface area contributed by atoms with Gasteiger partial charge in [-0.15, -0.1) is 11.3 Å². The lowest BCUT2D eigenvalue weighted by Crippen LogP contribution is -2.00. The average molecular weight is 329 g/mol. The van der Waals surface area contributed by atoms with E-state index in [1.165, 1.54) is 23.7 Å². The Bertz CT molecular complexity index is 856. The van der Waals surface area contributed by atoms with Gasteiger partial charge in [-0.05, 0) is 28.6 Å². The summed E-state index contributed by atoms with van der Waals surface area (Å²) in [7, 11) is 0. The topological polar surface area (TPSA) is 78.9 Å². The summed E-state index contributed by atoms with van der Waals surface area (Å²) >= 11 is 1.25. The number of halogens is 1. The summed E-state index contributed by atoms with van der Waals surface area (Å²) < 4.78 is 13.8. The van der Waals surface area contributed by atoms with Crippen molar-refractivity contribution < 1.29 is 14.3 Å². The lowest BCUT2D eigenvalue weighted by Gasteiger charge is -2.03. The molecule has 1 aromatic carbocycles. The van der Waals surface area contributed by atoms with E-state index in [-0.39, 0.29) is 23.2 Å². The molecule has 3 aromatic rings. The Morgan fingerprint density at radius 3 is 2.87 bits per heavy atom. The Kier molecular flexibility index (Phi) is 4.29. The van der Waals surface area contributed by atoms with Gasteiger partial charge in [-0.1, -0.05) is 18.2 Å². The highest BCUT2D eigenvalue weighted by atomic mass is 32.1. The van der Waals surface area contributed by atoms with Crippen molar-refractivity contribution in [3.05, 3.63) is 75.8 Å². The van der Waals surface area contributed by atoms with Gasteiger partial charge in [0.25, 0.3) is 0 Å². The zero-order valence-electron chi connectivity index (χ0n) is 11.9. The largest absolute Gasteiger partial charge is 0.504 e. The molecule has 0 bridgehead atoms. The smallest absolute Gasteiger partial charge is 0.199 e. The first-order valence-electron chi connectivity index (χ1n) is 6.75. The lowest BCUT2D eigenvalue weighted by molar-refractivity contribution is 0.104. The van der Waals surface area contributed by atoms with E-state index in [4.69, 9.17) is 0 Å². The first kappa shape index (κ1) is 15.1. The Labute approximate surface area is 135 Å². The summed E-state index contributed by atoms with van der Waals surface area (Å²) in [5.41, 5.74) is 1.23. The average Bonchev–Trinajstić information content (AvgIpc) is 3.20. The molecule has 7 heteroatoms. The van der Waals surface area contributed by atoms with Crippen molar-refractivity contribution in [2.24, 2.45) is 0 Å². The van der Waals surface area contributed by atoms with Gasteiger partial charge in [0.15, 0.2) is 17.4 Å². The van der Waals surface area contributed by atoms with Gasteiger partial charge in [-0.3, -0.25) is 9.89 Å². The van der Waals surface area contributed by atoms with E-state index in [9.17, 15) is 14.3 Å². The van der Waals surface area contributed by atoms with Crippen molar-refractivity contribution in [3.8, 4) is 0 Å². The molecule has 0 atom stereocenters. The van der Waals surface area contributed by atoms with Crippen LogP contribution in [-0.2, 0) is 6.42 Å². The third-order valence-corrected chi connectivity index (χ3v) is 4.21. The number of aromatic amines is 1. The molecular formula is C16H12FN3O2S. The molecule has 0 saturated carbocycles. The van der Waals surface area contributed by atoms with Crippen molar-refractivity contribution in [2.75, 3.05) is 0 Å². The molecule has 3 rings (SSSR count). The predicted molar refractivity (Wildman–Crippen MR) is 84.8 cm³/mol. The van der Waals surface area contributed by atoms with Gasteiger partial charge in [0.05, 0.1) is 4.88 Å². The second-order valence-corrected chi connectivity index (χ2v) is 5.69. The van der Waals surface area contributed by atoms with Crippen LogP contribution < -0.4 is 0 Å². The zero-order chi connectivity index (χ0) is 16.2. The van der Waals surface area contributed by atoms with Gasteiger partial charge >= 0.3 is 0 Å². The number of allylic oxidation sites excluding steroid dienone is 1. The Hall–Kier alpha value is -2.80. The molecule has 0 aliphatic carbocycles. The Balaban J connectivity index is 1.85. The summed E-state index contributed by atoms with van der Waals surface area (Å²) in [6.45, 7) is 0. The van der Waals surface area contributed by atoms with Crippen LogP contribution >= 0.6 is 11.3 Å². The molecule has 2 heterocycles. The molecule has 0 fully saturated rings. The molecule has 2 aromatic heterocycles. The highest BCUT2D eigenvalue weighted by molar-refractivity contribution is 7.12. The number of thiophene rings is 1. The van der Waals surface area contributed by atoms with E-state index < -0.39 is 0 Å². The fourth-order valence-corrected chi connectivity index (χ4v) is 2.96. The molecule has 0 aliphatic rings. The summed E-state index contributed by atoms with van der Waals surface area (Å²) in [4.78, 5) is 16.6. The van der Waals surface area contributed by atoms with Crippen molar-refractivity contribution in [2.45, 2.75) is 6.42 Å². The summed E-state index contributed by atoms with van der Waals surface area (Å²) in [5, 5.41) is 17.7. The van der Waals surface area contributed by atoms with Gasteiger partial charge in [0, 0.05) is 12.5 Å². The molecule has 0 radical (unpaired) electrons. The van der Waals surface area contributed by atoms with Crippen LogP contribution in [0.3, 0.4) is 0 Å². The number of carbonyl (C=O) groups excluding carboxylic acids is 1. The van der Waals surface area contributed by atoms with E-state index in [0.717, 1.165) is 6.08 Å². The number of H-pyrrole nitrogens is 1. The number of benzene rings is 1. The number of aliphatic hydroxyl groups excluding tert-OH is 1. The number of aliphatic hydroxyl groups is 1. The van der Waals surface area contributed by atoms with Crippen molar-refractivity contribution in [1.82, 2.24) is 15.2 Å². The SMILES string of the molecule is O=C(C=C(O)c1ncn[nH]1)c1sccc1Cc1ccccc1F. The standard InChI is InChI=1S/C16H12FN3O2S/c17-12-4-2-1-3-10(12)7-11-5-6-23-15(11)13(21)8-14(22)16-18-9-19-20-16/h1-6,8-9,22H,7H2,(H,18,19,20). The van der Waals surface area contributed by atoms with Crippen molar-refractivity contribution in [1.29, 1.82) is 0 Å². The monoisotopic (exact) mass is 329 g/mol. The van der Waals surface area contributed by atoms with Crippen LogP contribution in [0.2, 0.25) is 0 Å². The maximum absolute atomic E-state index is 13.8. The molecule has 0 amide bonds. The highest BCUT2D eigenvalue weighted by Crippen LogP contribution is 2.23. The zero-order valence-corrected chi connectivity index (χ0v) is 12.7. The van der Waals surface area contributed by atoms with Gasteiger partial charge in [0.1, 0.15) is 12.1 Å². The third kappa shape index (κ3) is 3.35. The second kappa shape index (κ2) is 6.53. The number of aromatic nitrogens is 3. The summed E-state index contributed by atoms with van der Waals surface area (Å²) in [5.74, 6) is -0.847. The first-order chi connectivity index (χ1) is 11.1. The van der Waals surface area contributed by atoms with Crippen molar-refractivity contribution in [3.63, 3.8) is 0 Å². The maximum Gasteiger partial charge on any atom is 0.199 e. The number of hydrogen-bond donors (Lipinski definition) is 2. The molecule has 0 saturated heterocycles. The number of carbonyl (C=O) groups is 1. The molecule has 0 aliphatic heterocycles. The lowest BCUT2D eigenvalue weighted by atomic mass is 10.0. The summed E-state index contributed by atoms with van der Waals surface area (Å²) in [6, 6.07) is 8.23. The molecule has 0 unspecified atom stereocenters. The van der Waals surface area contributed by atoms with Gasteiger partial charge < -0.3 is 5.11 Å². The molecule has 5 nitrogen and oxygen atoms in total. The minimum absolute atomic E-state index is 0.116. The minimum atomic E-state index is -0.361. The van der Waals surface area contributed by atoms with E-state index in [1.54, 1.807) is 29.6 Å². The molecule has 2 N–H and O–H groups in total. The Morgan fingerprint density at radius 1 is 1.30 bits per heavy atom. The number of hydrogen-bond acceptors (Lipinski definition) is 5. The van der Waals surface area contributed by atoms with Crippen LogP contribution in [0.5, 0.6) is 0 Å². The van der Waals surface area contributed by atoms with Crippen LogP contribution in [-0.4, -0.2) is 26.1 Å². The second-order valence-electron chi connectivity index (χ2n) is 4.77. The molecular weight excluding hydrogens is 317 g/mol. The fourth-order valence-electron chi connectivity index (χ4n) is 2.13. The van der Waals surface area contributed by atoms with Gasteiger partial charge in [0.2, 0.25) is 0 Å². The van der Waals surface area contributed by atoms with Crippen LogP contribution in [0.25, 0.3) is 5.76 Å².